The van der Waals surface area contributed by atoms with Crippen LogP contribution in [0.25, 0.3) is 0 Å². The minimum Gasteiger partial charge on any atom is -0.388 e. The normalized spacial score (nSPS) is 22.6. The number of hydrogen-bond acceptors (Lipinski definition) is 2. The summed E-state index contributed by atoms with van der Waals surface area (Å²) in [6.45, 7) is 5.46. The van der Waals surface area contributed by atoms with Gasteiger partial charge >= 0.3 is 0 Å². The van der Waals surface area contributed by atoms with Gasteiger partial charge in [0.15, 0.2) is 0 Å². The van der Waals surface area contributed by atoms with Gasteiger partial charge in [0.1, 0.15) is 0 Å². The van der Waals surface area contributed by atoms with Gasteiger partial charge in [0, 0.05) is 23.8 Å². The van der Waals surface area contributed by atoms with Crippen LogP contribution in [0.3, 0.4) is 0 Å². The molecule has 1 fully saturated rings. The SMILES string of the molecule is CC[C@@H](O)c1ccccc1N1CCCCCC1C. The summed E-state index contributed by atoms with van der Waals surface area (Å²) >= 11 is 0. The lowest BCUT2D eigenvalue weighted by Gasteiger charge is -2.32. The predicted molar refractivity (Wildman–Crippen MR) is 77.0 cm³/mol. The lowest BCUT2D eigenvalue weighted by Crippen LogP contribution is -2.33. The van der Waals surface area contributed by atoms with Crippen LogP contribution >= 0.6 is 0 Å². The fourth-order valence-corrected chi connectivity index (χ4v) is 2.88. The van der Waals surface area contributed by atoms with E-state index in [0.29, 0.717) is 6.04 Å². The first-order chi connectivity index (χ1) is 8.74. The number of hydrogen-bond donors (Lipinski definition) is 1. The van der Waals surface area contributed by atoms with E-state index >= 15 is 0 Å². The van der Waals surface area contributed by atoms with Crippen molar-refractivity contribution in [3.63, 3.8) is 0 Å². The number of nitrogens with zero attached hydrogens (tertiary/aromatic N) is 1. The molecular formula is C16H25NO. The van der Waals surface area contributed by atoms with E-state index in [1.165, 1.54) is 31.4 Å². The van der Waals surface area contributed by atoms with E-state index in [2.05, 4.69) is 30.0 Å². The molecule has 0 bridgehead atoms. The molecule has 1 heterocycles. The van der Waals surface area contributed by atoms with Crippen molar-refractivity contribution in [2.75, 3.05) is 11.4 Å². The average Bonchev–Trinajstić information content (AvgIpc) is 2.62. The second-order valence-corrected chi connectivity index (χ2v) is 5.37. The molecule has 0 saturated carbocycles. The molecule has 0 amide bonds. The van der Waals surface area contributed by atoms with Crippen LogP contribution in [0.5, 0.6) is 0 Å². The Hall–Kier alpha value is -1.02. The molecule has 0 spiro atoms. The number of aliphatic hydroxyl groups is 1. The number of benzene rings is 1. The van der Waals surface area contributed by atoms with Crippen LogP contribution in [-0.2, 0) is 0 Å². The third kappa shape index (κ3) is 2.86. The van der Waals surface area contributed by atoms with Crippen LogP contribution in [0.1, 0.15) is 57.6 Å². The molecule has 1 aliphatic heterocycles. The summed E-state index contributed by atoms with van der Waals surface area (Å²) < 4.78 is 0. The zero-order chi connectivity index (χ0) is 13.0. The summed E-state index contributed by atoms with van der Waals surface area (Å²) in [5, 5.41) is 10.2. The molecule has 2 nitrogen and oxygen atoms in total. The molecule has 100 valence electrons. The molecule has 1 aromatic rings. The second kappa shape index (κ2) is 6.24. The highest BCUT2D eigenvalue weighted by molar-refractivity contribution is 5.55. The summed E-state index contributed by atoms with van der Waals surface area (Å²) in [4.78, 5) is 2.49. The van der Waals surface area contributed by atoms with Crippen LogP contribution in [0.15, 0.2) is 24.3 Å². The van der Waals surface area contributed by atoms with Crippen molar-refractivity contribution < 1.29 is 5.11 Å². The first kappa shape index (κ1) is 13.4. The van der Waals surface area contributed by atoms with E-state index in [0.717, 1.165) is 18.5 Å². The minimum absolute atomic E-state index is 0.336. The molecule has 1 unspecified atom stereocenters. The van der Waals surface area contributed by atoms with Crippen molar-refractivity contribution in [2.45, 2.75) is 58.1 Å². The maximum Gasteiger partial charge on any atom is 0.0807 e. The molecule has 0 aromatic heterocycles. The molecule has 2 rings (SSSR count). The molecule has 0 aliphatic carbocycles. The van der Waals surface area contributed by atoms with Crippen molar-refractivity contribution in [3.05, 3.63) is 29.8 Å². The van der Waals surface area contributed by atoms with E-state index in [-0.39, 0.29) is 6.10 Å². The molecule has 2 atom stereocenters. The molecule has 1 aromatic carbocycles. The maximum atomic E-state index is 10.2. The lowest BCUT2D eigenvalue weighted by atomic mass is 10.0. The fourth-order valence-electron chi connectivity index (χ4n) is 2.88. The van der Waals surface area contributed by atoms with Crippen molar-refractivity contribution >= 4 is 5.69 Å². The van der Waals surface area contributed by atoms with Gasteiger partial charge in [-0.05, 0) is 32.3 Å². The Morgan fingerprint density at radius 3 is 2.83 bits per heavy atom. The van der Waals surface area contributed by atoms with Gasteiger partial charge in [-0.1, -0.05) is 38.0 Å². The second-order valence-electron chi connectivity index (χ2n) is 5.37. The highest BCUT2D eigenvalue weighted by Gasteiger charge is 2.21. The Balaban J connectivity index is 2.30. The van der Waals surface area contributed by atoms with Crippen molar-refractivity contribution in [2.24, 2.45) is 0 Å². The van der Waals surface area contributed by atoms with Crippen LogP contribution in [0, 0.1) is 0 Å². The Morgan fingerprint density at radius 1 is 1.28 bits per heavy atom. The number of rotatable bonds is 3. The van der Waals surface area contributed by atoms with E-state index in [4.69, 9.17) is 0 Å². The summed E-state index contributed by atoms with van der Waals surface area (Å²) in [7, 11) is 0. The third-order valence-electron chi connectivity index (χ3n) is 4.04. The quantitative estimate of drug-likeness (QED) is 0.875. The zero-order valence-electron chi connectivity index (χ0n) is 11.6. The van der Waals surface area contributed by atoms with E-state index in [1.807, 2.05) is 13.0 Å². The van der Waals surface area contributed by atoms with E-state index < -0.39 is 0 Å². The summed E-state index contributed by atoms with van der Waals surface area (Å²) in [6.07, 6.45) is 5.63. The molecule has 1 aliphatic rings. The van der Waals surface area contributed by atoms with Gasteiger partial charge in [0.25, 0.3) is 0 Å². The minimum atomic E-state index is -0.336. The number of anilines is 1. The van der Waals surface area contributed by atoms with Gasteiger partial charge in [-0.2, -0.15) is 0 Å². The van der Waals surface area contributed by atoms with Gasteiger partial charge in [-0.25, -0.2) is 0 Å². The topological polar surface area (TPSA) is 23.5 Å². The van der Waals surface area contributed by atoms with Gasteiger partial charge in [0.05, 0.1) is 6.10 Å². The lowest BCUT2D eigenvalue weighted by molar-refractivity contribution is 0.174. The van der Waals surface area contributed by atoms with Crippen LogP contribution < -0.4 is 4.90 Å². The molecular weight excluding hydrogens is 222 g/mol. The van der Waals surface area contributed by atoms with Crippen LogP contribution in [0.4, 0.5) is 5.69 Å². The van der Waals surface area contributed by atoms with Crippen molar-refractivity contribution in [1.82, 2.24) is 0 Å². The largest absolute Gasteiger partial charge is 0.388 e. The maximum absolute atomic E-state index is 10.2. The molecule has 18 heavy (non-hydrogen) atoms. The molecule has 2 heteroatoms. The highest BCUT2D eigenvalue weighted by atomic mass is 16.3. The Morgan fingerprint density at radius 2 is 2.06 bits per heavy atom. The summed E-state index contributed by atoms with van der Waals surface area (Å²) in [5.74, 6) is 0. The standard InChI is InChI=1S/C16H25NO/c1-3-16(18)14-10-6-7-11-15(14)17-12-8-4-5-9-13(17)2/h6-7,10-11,13,16,18H,3-5,8-9,12H2,1-2H3/t13?,16-/m1/s1. The molecule has 0 radical (unpaired) electrons. The number of aliphatic hydroxyl groups excluding tert-OH is 1. The molecule has 1 saturated heterocycles. The summed E-state index contributed by atoms with van der Waals surface area (Å²) in [6, 6.07) is 8.92. The van der Waals surface area contributed by atoms with Gasteiger partial charge < -0.3 is 10.0 Å². The molecule has 1 N–H and O–H groups in total. The first-order valence-corrected chi connectivity index (χ1v) is 7.27. The van der Waals surface area contributed by atoms with Gasteiger partial charge in [0.2, 0.25) is 0 Å². The number of para-hydroxylation sites is 1. The van der Waals surface area contributed by atoms with Crippen molar-refractivity contribution in [3.8, 4) is 0 Å². The average molecular weight is 247 g/mol. The summed E-state index contributed by atoms with van der Waals surface area (Å²) in [5.41, 5.74) is 2.33. The highest BCUT2D eigenvalue weighted by Crippen LogP contribution is 2.31. The Bertz CT molecular complexity index is 377. The third-order valence-corrected chi connectivity index (χ3v) is 4.04. The van der Waals surface area contributed by atoms with E-state index in [1.54, 1.807) is 0 Å². The van der Waals surface area contributed by atoms with Crippen molar-refractivity contribution in [1.29, 1.82) is 0 Å². The fraction of sp³-hybridized carbons (Fsp3) is 0.625. The first-order valence-electron chi connectivity index (χ1n) is 7.27. The van der Waals surface area contributed by atoms with Crippen LogP contribution in [0.2, 0.25) is 0 Å². The van der Waals surface area contributed by atoms with Gasteiger partial charge in [-0.15, -0.1) is 0 Å². The Kier molecular flexibility index (Phi) is 4.65. The monoisotopic (exact) mass is 247 g/mol. The smallest absolute Gasteiger partial charge is 0.0807 e. The van der Waals surface area contributed by atoms with Gasteiger partial charge in [-0.3, -0.25) is 0 Å². The predicted octanol–water partition coefficient (Wildman–Crippen LogP) is 3.90. The van der Waals surface area contributed by atoms with E-state index in [9.17, 15) is 5.11 Å². The zero-order valence-corrected chi connectivity index (χ0v) is 11.6. The Labute approximate surface area is 111 Å². The van der Waals surface area contributed by atoms with Crippen LogP contribution in [-0.4, -0.2) is 17.7 Å².